The number of nitrogens with zero attached hydrogens (tertiary/aromatic N) is 1. The lowest BCUT2D eigenvalue weighted by molar-refractivity contribution is -0.139. The van der Waals surface area contributed by atoms with Crippen LogP contribution in [-0.4, -0.2) is 67.1 Å². The van der Waals surface area contributed by atoms with Crippen LogP contribution in [0, 0.1) is 0 Å². The molecule has 2 N–H and O–H groups in total. The third kappa shape index (κ3) is 8.10. The van der Waals surface area contributed by atoms with E-state index in [1.54, 1.807) is 46.1 Å². The SMILES string of the molecule is COc1cc(CC(NC(=O)OC(C)(C)C)C(=O)O)ccc1OCCN1CCCCC1. The summed E-state index contributed by atoms with van der Waals surface area (Å²) in [6.45, 7) is 8.81. The van der Waals surface area contributed by atoms with Gasteiger partial charge in [0.1, 0.15) is 18.2 Å². The van der Waals surface area contributed by atoms with Gasteiger partial charge in [-0.25, -0.2) is 9.59 Å². The number of alkyl carbamates (subject to hydrolysis) is 1. The zero-order chi connectivity index (χ0) is 22.1. The third-order valence-corrected chi connectivity index (χ3v) is 4.77. The summed E-state index contributed by atoms with van der Waals surface area (Å²) in [5.41, 5.74) is 0.00230. The van der Waals surface area contributed by atoms with Crippen molar-refractivity contribution >= 4 is 12.1 Å². The Morgan fingerprint density at radius 2 is 1.87 bits per heavy atom. The molecule has 0 aromatic heterocycles. The maximum absolute atomic E-state index is 11.9. The summed E-state index contributed by atoms with van der Waals surface area (Å²) in [4.78, 5) is 25.9. The van der Waals surface area contributed by atoms with Crippen LogP contribution in [0.5, 0.6) is 11.5 Å². The van der Waals surface area contributed by atoms with Crippen LogP contribution in [0.1, 0.15) is 45.6 Å². The van der Waals surface area contributed by atoms with Gasteiger partial charge in [0, 0.05) is 13.0 Å². The Morgan fingerprint density at radius 1 is 1.17 bits per heavy atom. The van der Waals surface area contributed by atoms with Crippen LogP contribution < -0.4 is 14.8 Å². The second-order valence-electron chi connectivity index (χ2n) is 8.48. The summed E-state index contributed by atoms with van der Waals surface area (Å²) >= 11 is 0. The predicted octanol–water partition coefficient (Wildman–Crippen LogP) is 3.08. The minimum Gasteiger partial charge on any atom is -0.493 e. The second kappa shape index (κ2) is 11.1. The average molecular weight is 423 g/mol. The zero-order valence-corrected chi connectivity index (χ0v) is 18.4. The highest BCUT2D eigenvalue weighted by Crippen LogP contribution is 2.28. The molecule has 1 atom stereocenters. The molecule has 1 heterocycles. The topological polar surface area (TPSA) is 97.3 Å². The molecular weight excluding hydrogens is 388 g/mol. The minimum absolute atomic E-state index is 0.0962. The number of aliphatic carboxylic acids is 1. The molecule has 168 valence electrons. The summed E-state index contributed by atoms with van der Waals surface area (Å²) in [6.07, 6.45) is 3.10. The van der Waals surface area contributed by atoms with Crippen molar-refractivity contribution in [3.05, 3.63) is 23.8 Å². The molecule has 2 rings (SSSR count). The maximum atomic E-state index is 11.9. The van der Waals surface area contributed by atoms with Gasteiger partial charge in [0.25, 0.3) is 0 Å². The van der Waals surface area contributed by atoms with Crippen molar-refractivity contribution < 1.29 is 28.9 Å². The smallest absolute Gasteiger partial charge is 0.408 e. The normalized spacial score (nSPS) is 15.9. The Hall–Kier alpha value is -2.48. The number of amides is 1. The van der Waals surface area contributed by atoms with Gasteiger partial charge in [-0.15, -0.1) is 0 Å². The number of nitrogens with one attached hydrogen (secondary N) is 1. The lowest BCUT2D eigenvalue weighted by Crippen LogP contribution is -2.44. The van der Waals surface area contributed by atoms with Crippen LogP contribution in [0.2, 0.25) is 0 Å². The van der Waals surface area contributed by atoms with Crippen LogP contribution in [0.25, 0.3) is 0 Å². The molecule has 1 aromatic rings. The molecule has 8 heteroatoms. The van der Waals surface area contributed by atoms with E-state index in [2.05, 4.69) is 10.2 Å². The number of hydrogen-bond acceptors (Lipinski definition) is 6. The monoisotopic (exact) mass is 422 g/mol. The first kappa shape index (κ1) is 23.8. The summed E-state index contributed by atoms with van der Waals surface area (Å²) < 4.78 is 16.5. The summed E-state index contributed by atoms with van der Waals surface area (Å²) in [6, 6.07) is 4.18. The summed E-state index contributed by atoms with van der Waals surface area (Å²) in [7, 11) is 1.55. The van der Waals surface area contributed by atoms with Crippen LogP contribution in [0.15, 0.2) is 18.2 Å². The van der Waals surface area contributed by atoms with Gasteiger partial charge < -0.3 is 24.6 Å². The molecule has 1 aliphatic rings. The quantitative estimate of drug-likeness (QED) is 0.631. The van der Waals surface area contributed by atoms with Gasteiger partial charge in [0.15, 0.2) is 11.5 Å². The van der Waals surface area contributed by atoms with Crippen LogP contribution in [-0.2, 0) is 16.0 Å². The van der Waals surface area contributed by atoms with Gasteiger partial charge in [-0.1, -0.05) is 12.5 Å². The van der Waals surface area contributed by atoms with E-state index in [1.165, 1.54) is 19.3 Å². The van der Waals surface area contributed by atoms with Gasteiger partial charge in [-0.2, -0.15) is 0 Å². The van der Waals surface area contributed by atoms with Crippen LogP contribution >= 0.6 is 0 Å². The molecule has 1 saturated heterocycles. The summed E-state index contributed by atoms with van der Waals surface area (Å²) in [5, 5.41) is 11.9. The van der Waals surface area contributed by atoms with Gasteiger partial charge in [0.05, 0.1) is 7.11 Å². The van der Waals surface area contributed by atoms with Crippen LogP contribution in [0.3, 0.4) is 0 Å². The van der Waals surface area contributed by atoms with E-state index in [0.717, 1.165) is 19.6 Å². The molecule has 8 nitrogen and oxygen atoms in total. The fraction of sp³-hybridized carbons (Fsp3) is 0.636. The summed E-state index contributed by atoms with van der Waals surface area (Å²) in [5.74, 6) is 0.0134. The lowest BCUT2D eigenvalue weighted by atomic mass is 10.1. The van der Waals surface area contributed by atoms with Gasteiger partial charge in [0.2, 0.25) is 0 Å². The number of likely N-dealkylation sites (tertiary alicyclic amines) is 1. The maximum Gasteiger partial charge on any atom is 0.408 e. The van der Waals surface area contributed by atoms with Crippen molar-refractivity contribution in [3.8, 4) is 11.5 Å². The molecule has 0 aliphatic carbocycles. The van der Waals surface area contributed by atoms with E-state index >= 15 is 0 Å². The van der Waals surface area contributed by atoms with Gasteiger partial charge in [-0.05, 0) is 64.4 Å². The zero-order valence-electron chi connectivity index (χ0n) is 18.4. The van der Waals surface area contributed by atoms with Crippen molar-refractivity contribution in [2.24, 2.45) is 0 Å². The number of hydrogen-bond donors (Lipinski definition) is 2. The molecule has 0 spiro atoms. The molecule has 0 radical (unpaired) electrons. The number of carboxylic acids is 1. The fourth-order valence-electron chi connectivity index (χ4n) is 3.31. The highest BCUT2D eigenvalue weighted by molar-refractivity contribution is 5.80. The Kier molecular flexibility index (Phi) is 8.77. The molecule has 0 saturated carbocycles. The lowest BCUT2D eigenvalue weighted by Gasteiger charge is -2.26. The largest absolute Gasteiger partial charge is 0.493 e. The molecular formula is C22H34N2O6. The second-order valence-corrected chi connectivity index (χ2v) is 8.48. The van der Waals surface area contributed by atoms with E-state index in [9.17, 15) is 14.7 Å². The molecule has 1 aliphatic heterocycles. The highest BCUT2D eigenvalue weighted by Gasteiger charge is 2.24. The van der Waals surface area contributed by atoms with Crippen molar-refractivity contribution in [1.82, 2.24) is 10.2 Å². The van der Waals surface area contributed by atoms with E-state index in [-0.39, 0.29) is 6.42 Å². The molecule has 1 fully saturated rings. The van der Waals surface area contributed by atoms with Crippen molar-refractivity contribution in [2.45, 2.75) is 58.1 Å². The van der Waals surface area contributed by atoms with E-state index in [0.29, 0.717) is 23.7 Å². The van der Waals surface area contributed by atoms with Crippen molar-refractivity contribution in [2.75, 3.05) is 33.4 Å². The highest BCUT2D eigenvalue weighted by atomic mass is 16.6. The Morgan fingerprint density at radius 3 is 2.47 bits per heavy atom. The van der Waals surface area contributed by atoms with E-state index in [4.69, 9.17) is 14.2 Å². The van der Waals surface area contributed by atoms with Gasteiger partial charge >= 0.3 is 12.1 Å². The van der Waals surface area contributed by atoms with Gasteiger partial charge in [-0.3, -0.25) is 4.90 Å². The Labute approximate surface area is 178 Å². The fourth-order valence-corrected chi connectivity index (χ4v) is 3.31. The first-order chi connectivity index (χ1) is 14.2. The van der Waals surface area contributed by atoms with Crippen molar-refractivity contribution in [3.63, 3.8) is 0 Å². The number of rotatable bonds is 9. The van der Waals surface area contributed by atoms with E-state index in [1.807, 2.05) is 0 Å². The first-order valence-electron chi connectivity index (χ1n) is 10.4. The Bertz CT molecular complexity index is 710. The van der Waals surface area contributed by atoms with Crippen LogP contribution in [0.4, 0.5) is 4.79 Å². The molecule has 30 heavy (non-hydrogen) atoms. The minimum atomic E-state index is -1.14. The number of carboxylic acid groups (broad SMARTS) is 1. The predicted molar refractivity (Wildman–Crippen MR) is 113 cm³/mol. The van der Waals surface area contributed by atoms with Crippen molar-refractivity contribution in [1.29, 1.82) is 0 Å². The number of carbonyl (C=O) groups is 2. The Balaban J connectivity index is 1.95. The number of piperidine rings is 1. The number of carbonyl (C=O) groups excluding carboxylic acids is 1. The average Bonchev–Trinajstić information content (AvgIpc) is 2.67. The number of methoxy groups -OCH3 is 1. The molecule has 1 unspecified atom stereocenters. The molecule has 0 bridgehead atoms. The molecule has 1 amide bonds. The third-order valence-electron chi connectivity index (χ3n) is 4.77. The number of ether oxygens (including phenoxy) is 3. The first-order valence-corrected chi connectivity index (χ1v) is 10.4. The van der Waals surface area contributed by atoms with E-state index < -0.39 is 23.7 Å². The number of benzene rings is 1. The standard InChI is InChI=1S/C22H34N2O6/c1-22(2,3)30-21(27)23-17(20(25)26)14-16-8-9-18(19(15-16)28-4)29-13-12-24-10-6-5-7-11-24/h8-9,15,17H,5-7,10-14H2,1-4H3,(H,23,27)(H,25,26). The molecule has 1 aromatic carbocycles.